The molecule has 8 nitrogen and oxygen atoms in total. The molecular weight excluding hydrogens is 584 g/mol. The number of carbonyl (C=O) groups is 4. The van der Waals surface area contributed by atoms with Crippen LogP contribution in [0.2, 0.25) is 0 Å². The van der Waals surface area contributed by atoms with Crippen molar-refractivity contribution in [2.24, 2.45) is 11.8 Å². The van der Waals surface area contributed by atoms with E-state index in [-0.39, 0.29) is 11.1 Å². The molecule has 8 heteroatoms. The predicted octanol–water partition coefficient (Wildman–Crippen LogP) is 9.55. The molecule has 46 heavy (non-hydrogen) atoms. The summed E-state index contributed by atoms with van der Waals surface area (Å²) < 4.78 is 16.1. The number of rotatable bonds is 21. The van der Waals surface area contributed by atoms with E-state index in [1.54, 1.807) is 36.4 Å². The maximum Gasteiger partial charge on any atom is 0.339 e. The third-order valence-electron chi connectivity index (χ3n) is 7.96. The Labute approximate surface area is 276 Å². The van der Waals surface area contributed by atoms with Crippen LogP contribution in [0.5, 0.6) is 0 Å². The van der Waals surface area contributed by atoms with Gasteiger partial charge in [0.2, 0.25) is 0 Å². The van der Waals surface area contributed by atoms with Crippen molar-refractivity contribution in [3.8, 4) is 0 Å². The predicted molar refractivity (Wildman–Crippen MR) is 181 cm³/mol. The second-order valence-corrected chi connectivity index (χ2v) is 11.6. The van der Waals surface area contributed by atoms with Gasteiger partial charge in [0.25, 0.3) is 0 Å². The minimum atomic E-state index is -1.12. The Morgan fingerprint density at radius 2 is 0.935 bits per heavy atom. The molecule has 0 saturated heterocycles. The molecule has 1 N–H and O–H groups in total. The number of aromatic carboxylic acids is 1. The van der Waals surface area contributed by atoms with Gasteiger partial charge >= 0.3 is 23.9 Å². The fourth-order valence-corrected chi connectivity index (χ4v) is 4.80. The van der Waals surface area contributed by atoms with E-state index >= 15 is 0 Å². The van der Waals surface area contributed by atoms with Gasteiger partial charge in [-0.1, -0.05) is 117 Å². The first-order valence-electron chi connectivity index (χ1n) is 17.2. The van der Waals surface area contributed by atoms with Gasteiger partial charge in [-0.25, -0.2) is 19.2 Å². The Morgan fingerprint density at radius 3 is 1.33 bits per heavy atom. The Morgan fingerprint density at radius 1 is 0.543 bits per heavy atom. The van der Waals surface area contributed by atoms with Crippen LogP contribution < -0.4 is 0 Å². The van der Waals surface area contributed by atoms with Gasteiger partial charge < -0.3 is 19.3 Å². The van der Waals surface area contributed by atoms with E-state index in [4.69, 9.17) is 19.3 Å². The maximum atomic E-state index is 12.6. The lowest BCUT2D eigenvalue weighted by Gasteiger charge is -2.17. The lowest BCUT2D eigenvalue weighted by atomic mass is 10.0. The number of esters is 3. The van der Waals surface area contributed by atoms with E-state index in [0.29, 0.717) is 42.8 Å². The van der Waals surface area contributed by atoms with Crippen molar-refractivity contribution >= 4 is 23.9 Å². The van der Waals surface area contributed by atoms with Crippen molar-refractivity contribution in [3.05, 3.63) is 70.8 Å². The standard InChI is InChI=1S/C24H38O4.C14H18O4/c1-5-9-13-19(7-3)17-27-23(25)21-15-11-12-16-22(21)24(26)28-18-20(8-4)14-10-6-2;1-2-3-4-7-10-18-14(17)12-9-6-5-8-11(12)13(15)16/h11-12,15-16,19-20H,5-10,13-14,17-18H2,1-4H3;5-6,8-9H,2-4,7,10H2,1H3,(H,15,16). The first kappa shape index (κ1) is 40.3. The number of carboxylic acid groups (broad SMARTS) is 1. The summed E-state index contributed by atoms with van der Waals surface area (Å²) in [4.78, 5) is 47.8. The van der Waals surface area contributed by atoms with Crippen LogP contribution >= 0.6 is 0 Å². The van der Waals surface area contributed by atoms with Crippen LogP contribution in [0, 0.1) is 11.8 Å². The summed E-state index contributed by atoms with van der Waals surface area (Å²) in [7, 11) is 0. The summed E-state index contributed by atoms with van der Waals surface area (Å²) in [6, 6.07) is 12.9. The maximum absolute atomic E-state index is 12.6. The topological polar surface area (TPSA) is 116 Å². The number of ether oxygens (including phenoxy) is 3. The molecule has 0 heterocycles. The molecule has 2 unspecified atom stereocenters. The lowest BCUT2D eigenvalue weighted by Crippen LogP contribution is -2.19. The van der Waals surface area contributed by atoms with Gasteiger partial charge in [-0.15, -0.1) is 0 Å². The number of carboxylic acids is 1. The molecule has 256 valence electrons. The summed E-state index contributed by atoms with van der Waals surface area (Å²) in [6.45, 7) is 11.8. The van der Waals surface area contributed by atoms with Crippen molar-refractivity contribution in [2.45, 2.75) is 112 Å². The van der Waals surface area contributed by atoms with Crippen LogP contribution in [-0.2, 0) is 14.2 Å². The molecule has 0 fully saturated rings. The zero-order valence-corrected chi connectivity index (χ0v) is 28.7. The Hall–Kier alpha value is -3.68. The van der Waals surface area contributed by atoms with Gasteiger partial charge in [0.1, 0.15) is 0 Å². The highest BCUT2D eigenvalue weighted by molar-refractivity contribution is 6.03. The molecule has 0 aliphatic carbocycles. The van der Waals surface area contributed by atoms with Crippen LogP contribution in [-0.4, -0.2) is 48.8 Å². The van der Waals surface area contributed by atoms with Crippen LogP contribution in [0.15, 0.2) is 48.5 Å². The first-order chi connectivity index (χ1) is 22.2. The molecule has 0 amide bonds. The largest absolute Gasteiger partial charge is 0.478 e. The van der Waals surface area contributed by atoms with E-state index in [2.05, 4.69) is 34.6 Å². The van der Waals surface area contributed by atoms with Gasteiger partial charge in [-0.3, -0.25) is 0 Å². The summed E-state index contributed by atoms with van der Waals surface area (Å²) in [5.74, 6) is -1.84. The Bertz CT molecular complexity index is 1120. The van der Waals surface area contributed by atoms with Crippen molar-refractivity contribution in [2.75, 3.05) is 19.8 Å². The van der Waals surface area contributed by atoms with Crippen LogP contribution in [0.3, 0.4) is 0 Å². The molecule has 0 saturated carbocycles. The first-order valence-corrected chi connectivity index (χ1v) is 17.2. The quantitative estimate of drug-likeness (QED) is 0.0815. The number of unbranched alkanes of at least 4 members (excludes halogenated alkanes) is 5. The van der Waals surface area contributed by atoms with E-state index < -0.39 is 23.9 Å². The third-order valence-corrected chi connectivity index (χ3v) is 7.96. The van der Waals surface area contributed by atoms with Crippen molar-refractivity contribution in [1.82, 2.24) is 0 Å². The monoisotopic (exact) mass is 640 g/mol. The number of carbonyl (C=O) groups excluding carboxylic acids is 3. The van der Waals surface area contributed by atoms with Gasteiger partial charge in [-0.2, -0.15) is 0 Å². The molecule has 0 aliphatic rings. The molecule has 0 aromatic heterocycles. The number of benzene rings is 2. The average molecular weight is 641 g/mol. The molecular formula is C38H56O8. The molecule has 0 radical (unpaired) electrons. The summed E-state index contributed by atoms with van der Waals surface area (Å²) in [5, 5.41) is 8.95. The SMILES string of the molecule is CCCCC(CC)COC(=O)c1ccccc1C(=O)OCC(CC)CCCC.CCCCCCOC(=O)c1ccccc1C(=O)O. The summed E-state index contributed by atoms with van der Waals surface area (Å²) in [5.41, 5.74) is 0.676. The highest BCUT2D eigenvalue weighted by Gasteiger charge is 2.21. The molecule has 2 aromatic rings. The minimum absolute atomic E-state index is 0.0175. The molecule has 0 aliphatic heterocycles. The zero-order chi connectivity index (χ0) is 34.2. The molecule has 2 atom stereocenters. The lowest BCUT2D eigenvalue weighted by molar-refractivity contribution is 0.0381. The van der Waals surface area contributed by atoms with Crippen molar-refractivity contribution in [1.29, 1.82) is 0 Å². The molecule has 2 rings (SSSR count). The van der Waals surface area contributed by atoms with Crippen molar-refractivity contribution < 1.29 is 38.5 Å². The van der Waals surface area contributed by atoms with E-state index in [1.165, 1.54) is 12.1 Å². The second-order valence-electron chi connectivity index (χ2n) is 11.6. The Balaban J connectivity index is 0.000000506. The molecule has 0 bridgehead atoms. The second kappa shape index (κ2) is 24.5. The van der Waals surface area contributed by atoms with E-state index in [9.17, 15) is 19.2 Å². The third kappa shape index (κ3) is 15.5. The highest BCUT2D eigenvalue weighted by atomic mass is 16.5. The van der Waals surface area contributed by atoms with E-state index in [1.807, 2.05) is 0 Å². The van der Waals surface area contributed by atoms with Crippen LogP contribution in [0.4, 0.5) is 0 Å². The van der Waals surface area contributed by atoms with Gasteiger partial charge in [-0.05, 0) is 55.4 Å². The van der Waals surface area contributed by atoms with Gasteiger partial charge in [0, 0.05) is 0 Å². The summed E-state index contributed by atoms with van der Waals surface area (Å²) >= 11 is 0. The van der Waals surface area contributed by atoms with E-state index in [0.717, 1.165) is 77.0 Å². The summed E-state index contributed by atoms with van der Waals surface area (Å²) in [6.07, 6.45) is 12.7. The normalized spacial score (nSPS) is 11.8. The highest BCUT2D eigenvalue weighted by Crippen LogP contribution is 2.18. The van der Waals surface area contributed by atoms with Gasteiger partial charge in [0.15, 0.2) is 0 Å². The average Bonchev–Trinajstić information content (AvgIpc) is 3.08. The Kier molecular flexibility index (Phi) is 21.5. The van der Waals surface area contributed by atoms with Crippen LogP contribution in [0.25, 0.3) is 0 Å². The van der Waals surface area contributed by atoms with Crippen LogP contribution in [0.1, 0.15) is 153 Å². The smallest absolute Gasteiger partial charge is 0.339 e. The minimum Gasteiger partial charge on any atom is -0.478 e. The van der Waals surface area contributed by atoms with Crippen molar-refractivity contribution in [3.63, 3.8) is 0 Å². The molecule has 2 aromatic carbocycles. The zero-order valence-electron chi connectivity index (χ0n) is 28.7. The number of hydrogen-bond donors (Lipinski definition) is 1. The molecule has 0 spiro atoms. The fraction of sp³-hybridized carbons (Fsp3) is 0.579. The van der Waals surface area contributed by atoms with Gasteiger partial charge in [0.05, 0.1) is 42.1 Å². The fourth-order valence-electron chi connectivity index (χ4n) is 4.80. The number of hydrogen-bond acceptors (Lipinski definition) is 7.